The lowest BCUT2D eigenvalue weighted by Gasteiger charge is -2.04. The Morgan fingerprint density at radius 2 is 1.84 bits per heavy atom. The van der Waals surface area contributed by atoms with E-state index < -0.39 is 0 Å². The summed E-state index contributed by atoms with van der Waals surface area (Å²) in [7, 11) is 1.60. The second-order valence-corrected chi connectivity index (χ2v) is 5.48. The van der Waals surface area contributed by atoms with Crippen LogP contribution in [0.3, 0.4) is 0 Å². The van der Waals surface area contributed by atoms with E-state index in [0.29, 0.717) is 23.6 Å². The molecule has 0 spiro atoms. The summed E-state index contributed by atoms with van der Waals surface area (Å²) >= 11 is 0. The van der Waals surface area contributed by atoms with Gasteiger partial charge in [0.1, 0.15) is 0 Å². The Balaban J connectivity index is 1.57. The van der Waals surface area contributed by atoms with Crippen LogP contribution in [-0.2, 0) is 16.0 Å². The Kier molecular flexibility index (Phi) is 4.99. The molecule has 0 bridgehead atoms. The first-order valence-electron chi connectivity index (χ1n) is 7.82. The maximum absolute atomic E-state index is 12.0. The average Bonchev–Trinajstić information content (AvgIpc) is 3.09. The first-order valence-corrected chi connectivity index (χ1v) is 7.82. The molecular weight excluding hydrogens is 320 g/mol. The molecule has 0 saturated heterocycles. The lowest BCUT2D eigenvalue weighted by molar-refractivity contribution is -0.120. The van der Waals surface area contributed by atoms with Gasteiger partial charge in [0.25, 0.3) is 0 Å². The van der Waals surface area contributed by atoms with Crippen LogP contribution in [0.2, 0.25) is 0 Å². The molecule has 0 aliphatic carbocycles. The molecule has 2 aromatic carbocycles. The van der Waals surface area contributed by atoms with Gasteiger partial charge in [-0.2, -0.15) is 0 Å². The van der Waals surface area contributed by atoms with Gasteiger partial charge in [0.2, 0.25) is 18.6 Å². The number of ether oxygens (including phenoxy) is 2. The number of amides is 2. The summed E-state index contributed by atoms with van der Waals surface area (Å²) in [5.74, 6) is 1.09. The van der Waals surface area contributed by atoms with Crippen molar-refractivity contribution in [1.29, 1.82) is 0 Å². The minimum absolute atomic E-state index is 0.0524. The number of hydrogen-bond acceptors (Lipinski definition) is 4. The SMILES string of the molecule is CNC(=O)Cc1ccc(NC(=O)/C=C/c2ccc3c(c2)OCO3)cc1. The highest BCUT2D eigenvalue weighted by Gasteiger charge is 2.12. The van der Waals surface area contributed by atoms with Crippen molar-refractivity contribution in [2.45, 2.75) is 6.42 Å². The number of hydrogen-bond donors (Lipinski definition) is 2. The third kappa shape index (κ3) is 4.38. The summed E-state index contributed by atoms with van der Waals surface area (Å²) in [6, 6.07) is 12.6. The first-order chi connectivity index (χ1) is 12.1. The fraction of sp³-hybridized carbons (Fsp3) is 0.158. The van der Waals surface area contributed by atoms with Gasteiger partial charge < -0.3 is 20.1 Å². The molecule has 2 amide bonds. The third-order valence-corrected chi connectivity index (χ3v) is 3.69. The van der Waals surface area contributed by atoms with Gasteiger partial charge in [-0.25, -0.2) is 0 Å². The number of rotatable bonds is 5. The Morgan fingerprint density at radius 1 is 1.08 bits per heavy atom. The molecule has 6 heteroatoms. The average molecular weight is 338 g/mol. The fourth-order valence-corrected chi connectivity index (χ4v) is 2.35. The van der Waals surface area contributed by atoms with Crippen molar-refractivity contribution in [3.05, 3.63) is 59.7 Å². The van der Waals surface area contributed by atoms with Crippen molar-refractivity contribution in [1.82, 2.24) is 5.32 Å². The van der Waals surface area contributed by atoms with Crippen molar-refractivity contribution in [2.75, 3.05) is 19.2 Å². The molecule has 128 valence electrons. The Morgan fingerprint density at radius 3 is 2.60 bits per heavy atom. The van der Waals surface area contributed by atoms with Crippen LogP contribution in [0, 0.1) is 0 Å². The number of carbonyl (C=O) groups is 2. The van der Waals surface area contributed by atoms with Crippen molar-refractivity contribution in [3.8, 4) is 11.5 Å². The van der Waals surface area contributed by atoms with Gasteiger partial charge >= 0.3 is 0 Å². The Hall–Kier alpha value is -3.28. The van der Waals surface area contributed by atoms with E-state index in [1.807, 2.05) is 30.3 Å². The normalized spacial score (nSPS) is 12.2. The predicted octanol–water partition coefficient (Wildman–Crippen LogP) is 2.36. The maximum atomic E-state index is 12.0. The van der Waals surface area contributed by atoms with Crippen LogP contribution >= 0.6 is 0 Å². The second kappa shape index (κ2) is 7.53. The molecule has 2 N–H and O–H groups in total. The highest BCUT2D eigenvalue weighted by atomic mass is 16.7. The molecule has 0 radical (unpaired) electrons. The van der Waals surface area contributed by atoms with Crippen LogP contribution in [0.5, 0.6) is 11.5 Å². The largest absolute Gasteiger partial charge is 0.454 e. The third-order valence-electron chi connectivity index (χ3n) is 3.69. The number of likely N-dealkylation sites (N-methyl/N-ethyl adjacent to an activating group) is 1. The monoisotopic (exact) mass is 338 g/mol. The van der Waals surface area contributed by atoms with Crippen LogP contribution in [-0.4, -0.2) is 25.7 Å². The molecule has 2 aromatic rings. The number of benzene rings is 2. The first kappa shape index (κ1) is 16.6. The smallest absolute Gasteiger partial charge is 0.248 e. The van der Waals surface area contributed by atoms with Crippen LogP contribution in [0.1, 0.15) is 11.1 Å². The topological polar surface area (TPSA) is 76.7 Å². The summed E-state index contributed by atoms with van der Waals surface area (Å²) in [6.07, 6.45) is 3.47. The molecule has 1 aliphatic rings. The lowest BCUT2D eigenvalue weighted by atomic mass is 10.1. The molecule has 1 heterocycles. The van der Waals surface area contributed by atoms with E-state index in [4.69, 9.17) is 9.47 Å². The number of nitrogens with one attached hydrogen (secondary N) is 2. The molecule has 0 unspecified atom stereocenters. The summed E-state index contributed by atoms with van der Waals surface area (Å²) < 4.78 is 10.6. The van der Waals surface area contributed by atoms with Crippen molar-refractivity contribution >= 4 is 23.6 Å². The van der Waals surface area contributed by atoms with Gasteiger partial charge in [-0.15, -0.1) is 0 Å². The molecule has 0 fully saturated rings. The van der Waals surface area contributed by atoms with E-state index in [1.165, 1.54) is 6.08 Å². The van der Waals surface area contributed by atoms with Crippen LogP contribution in [0.25, 0.3) is 6.08 Å². The minimum atomic E-state index is -0.239. The molecular formula is C19H18N2O4. The maximum Gasteiger partial charge on any atom is 0.248 e. The van der Waals surface area contributed by atoms with Crippen LogP contribution in [0.15, 0.2) is 48.5 Å². The number of fused-ring (bicyclic) bond motifs is 1. The zero-order chi connectivity index (χ0) is 17.6. The summed E-state index contributed by atoms with van der Waals surface area (Å²) in [4.78, 5) is 23.3. The van der Waals surface area contributed by atoms with Crippen molar-refractivity contribution < 1.29 is 19.1 Å². The fourth-order valence-electron chi connectivity index (χ4n) is 2.35. The second-order valence-electron chi connectivity index (χ2n) is 5.48. The predicted molar refractivity (Wildman–Crippen MR) is 94.4 cm³/mol. The van der Waals surface area contributed by atoms with Gasteiger partial charge in [-0.05, 0) is 41.5 Å². The molecule has 6 nitrogen and oxygen atoms in total. The zero-order valence-corrected chi connectivity index (χ0v) is 13.7. The summed E-state index contributed by atoms with van der Waals surface area (Å²) in [5.41, 5.74) is 2.40. The van der Waals surface area contributed by atoms with Gasteiger partial charge in [0.05, 0.1) is 6.42 Å². The molecule has 0 saturated carbocycles. The van der Waals surface area contributed by atoms with Gasteiger partial charge in [0, 0.05) is 18.8 Å². The van der Waals surface area contributed by atoms with Gasteiger partial charge in [-0.1, -0.05) is 18.2 Å². The van der Waals surface area contributed by atoms with E-state index in [9.17, 15) is 9.59 Å². The number of anilines is 1. The van der Waals surface area contributed by atoms with Gasteiger partial charge in [-0.3, -0.25) is 9.59 Å². The quantitative estimate of drug-likeness (QED) is 0.821. The van der Waals surface area contributed by atoms with Crippen LogP contribution < -0.4 is 20.1 Å². The minimum Gasteiger partial charge on any atom is -0.454 e. The Labute approximate surface area is 145 Å². The van der Waals surface area contributed by atoms with Crippen molar-refractivity contribution in [2.24, 2.45) is 0 Å². The van der Waals surface area contributed by atoms with E-state index >= 15 is 0 Å². The zero-order valence-electron chi connectivity index (χ0n) is 13.7. The van der Waals surface area contributed by atoms with E-state index in [0.717, 1.165) is 11.1 Å². The molecule has 1 aliphatic heterocycles. The number of carbonyl (C=O) groups excluding carboxylic acids is 2. The van der Waals surface area contributed by atoms with E-state index in [1.54, 1.807) is 25.3 Å². The standard InChI is InChI=1S/C19H18N2O4/c1-20-19(23)11-14-2-6-15(7-3-14)21-18(22)9-5-13-4-8-16-17(10-13)25-12-24-16/h2-10H,11-12H2,1H3,(H,20,23)(H,21,22)/b9-5+. The molecule has 0 atom stereocenters. The van der Waals surface area contributed by atoms with E-state index in [2.05, 4.69) is 10.6 Å². The molecule has 3 rings (SSSR count). The summed E-state index contributed by atoms with van der Waals surface area (Å²) in [6.45, 7) is 0.221. The summed E-state index contributed by atoms with van der Waals surface area (Å²) in [5, 5.41) is 5.35. The molecule has 0 aromatic heterocycles. The van der Waals surface area contributed by atoms with Crippen LogP contribution in [0.4, 0.5) is 5.69 Å². The molecule has 25 heavy (non-hydrogen) atoms. The highest BCUT2D eigenvalue weighted by molar-refractivity contribution is 6.02. The van der Waals surface area contributed by atoms with E-state index in [-0.39, 0.29) is 18.6 Å². The Bertz CT molecular complexity index is 813. The lowest BCUT2D eigenvalue weighted by Crippen LogP contribution is -2.19. The van der Waals surface area contributed by atoms with Crippen molar-refractivity contribution in [3.63, 3.8) is 0 Å². The highest BCUT2D eigenvalue weighted by Crippen LogP contribution is 2.32. The van der Waals surface area contributed by atoms with Gasteiger partial charge in [0.15, 0.2) is 11.5 Å².